The number of halogens is 1. The van der Waals surface area contributed by atoms with Crippen LogP contribution >= 0.6 is 12.4 Å². The van der Waals surface area contributed by atoms with Gasteiger partial charge in [-0.15, -0.1) is 12.4 Å². The minimum Gasteiger partial charge on any atom is -0.387 e. The number of hydrogen-bond acceptors (Lipinski definition) is 3. The number of aromatic nitrogens is 1. The highest BCUT2D eigenvalue weighted by Crippen LogP contribution is 2.09. The first-order valence-corrected chi connectivity index (χ1v) is 3.10. The van der Waals surface area contributed by atoms with Gasteiger partial charge < -0.3 is 10.8 Å². The van der Waals surface area contributed by atoms with Gasteiger partial charge in [0, 0.05) is 0 Å². The van der Waals surface area contributed by atoms with Crippen molar-refractivity contribution in [3.05, 3.63) is 23.9 Å². The molecule has 0 aromatic carbocycles. The number of rotatable bonds is 1. The van der Waals surface area contributed by atoms with Gasteiger partial charge >= 0.3 is 0 Å². The molecule has 4 heteroatoms. The largest absolute Gasteiger partial charge is 0.387 e. The van der Waals surface area contributed by atoms with Crippen LogP contribution in [0, 0.1) is 0 Å². The maximum Gasteiger partial charge on any atom is 0.123 e. The van der Waals surface area contributed by atoms with Gasteiger partial charge in [0.1, 0.15) is 5.82 Å². The summed E-state index contributed by atoms with van der Waals surface area (Å²) in [7, 11) is 0. The molecule has 3 nitrogen and oxygen atoms in total. The predicted molar refractivity (Wildman–Crippen MR) is 46.5 cm³/mol. The third-order valence-electron chi connectivity index (χ3n) is 1.22. The molecule has 1 atom stereocenters. The molecule has 0 aliphatic carbocycles. The van der Waals surface area contributed by atoms with Crippen LogP contribution in [-0.2, 0) is 0 Å². The summed E-state index contributed by atoms with van der Waals surface area (Å²) >= 11 is 0. The molecule has 3 N–H and O–H groups in total. The second kappa shape index (κ2) is 4.16. The Bertz CT molecular complexity index is 227. The van der Waals surface area contributed by atoms with Crippen molar-refractivity contribution < 1.29 is 5.11 Å². The maximum atomic E-state index is 9.03. The zero-order valence-corrected chi connectivity index (χ0v) is 7.01. The molecule has 0 amide bonds. The number of nitrogen functional groups attached to an aromatic ring is 1. The van der Waals surface area contributed by atoms with Crippen LogP contribution < -0.4 is 5.73 Å². The van der Waals surface area contributed by atoms with E-state index in [0.29, 0.717) is 11.5 Å². The SMILES string of the molecule is CC(O)c1cccc(N)n1.Cl. The molecule has 1 aromatic heterocycles. The number of anilines is 1. The molecule has 62 valence electrons. The van der Waals surface area contributed by atoms with E-state index in [1.54, 1.807) is 25.1 Å². The van der Waals surface area contributed by atoms with Crippen molar-refractivity contribution in [3.8, 4) is 0 Å². The summed E-state index contributed by atoms with van der Waals surface area (Å²) in [4.78, 5) is 3.90. The number of aliphatic hydroxyl groups excluding tert-OH is 1. The molecule has 0 saturated heterocycles. The molecule has 1 unspecified atom stereocenters. The van der Waals surface area contributed by atoms with Gasteiger partial charge in [-0.3, -0.25) is 0 Å². The molecule has 0 saturated carbocycles. The van der Waals surface area contributed by atoms with E-state index in [4.69, 9.17) is 10.8 Å². The van der Waals surface area contributed by atoms with Crippen LogP contribution in [0.5, 0.6) is 0 Å². The van der Waals surface area contributed by atoms with Gasteiger partial charge in [-0.25, -0.2) is 4.98 Å². The highest BCUT2D eigenvalue weighted by atomic mass is 35.5. The fourth-order valence-corrected chi connectivity index (χ4v) is 0.702. The standard InChI is InChI=1S/C7H10N2O.ClH/c1-5(10)6-3-2-4-7(8)9-6;/h2-5,10H,1H3,(H2,8,9);1H. The van der Waals surface area contributed by atoms with Crippen molar-refractivity contribution in [1.82, 2.24) is 4.98 Å². The molecule has 0 spiro atoms. The lowest BCUT2D eigenvalue weighted by Gasteiger charge is -2.02. The first-order chi connectivity index (χ1) is 4.70. The van der Waals surface area contributed by atoms with Crippen LogP contribution in [0.25, 0.3) is 0 Å². The lowest BCUT2D eigenvalue weighted by Crippen LogP contribution is -1.98. The summed E-state index contributed by atoms with van der Waals surface area (Å²) in [6.07, 6.45) is -0.538. The van der Waals surface area contributed by atoms with Gasteiger partial charge in [-0.1, -0.05) is 6.07 Å². The molecule has 0 aliphatic rings. The first kappa shape index (κ1) is 10.2. The van der Waals surface area contributed by atoms with Crippen molar-refractivity contribution in [2.75, 3.05) is 5.73 Å². The van der Waals surface area contributed by atoms with Crippen molar-refractivity contribution >= 4 is 18.2 Å². The smallest absolute Gasteiger partial charge is 0.123 e. The third kappa shape index (κ3) is 2.74. The zero-order valence-electron chi connectivity index (χ0n) is 6.19. The van der Waals surface area contributed by atoms with Gasteiger partial charge in [0.05, 0.1) is 11.8 Å². The highest BCUT2D eigenvalue weighted by molar-refractivity contribution is 5.85. The number of hydrogen-bond donors (Lipinski definition) is 2. The molecule has 1 heterocycles. The van der Waals surface area contributed by atoms with Crippen LogP contribution in [-0.4, -0.2) is 10.1 Å². The number of aliphatic hydroxyl groups is 1. The average Bonchev–Trinajstić information content (AvgIpc) is 1.88. The molecule has 0 aliphatic heterocycles. The normalized spacial score (nSPS) is 11.8. The Kier molecular flexibility index (Phi) is 3.85. The average molecular weight is 175 g/mol. The summed E-state index contributed by atoms with van der Waals surface area (Å²) < 4.78 is 0. The summed E-state index contributed by atoms with van der Waals surface area (Å²) in [6.45, 7) is 1.65. The van der Waals surface area contributed by atoms with Crippen molar-refractivity contribution in [2.45, 2.75) is 13.0 Å². The summed E-state index contributed by atoms with van der Waals surface area (Å²) in [6, 6.07) is 5.19. The van der Waals surface area contributed by atoms with E-state index in [2.05, 4.69) is 4.98 Å². The monoisotopic (exact) mass is 174 g/mol. The quantitative estimate of drug-likeness (QED) is 0.671. The molecule has 1 aromatic rings. The molecule has 11 heavy (non-hydrogen) atoms. The van der Waals surface area contributed by atoms with E-state index >= 15 is 0 Å². The fourth-order valence-electron chi connectivity index (χ4n) is 0.702. The molecular formula is C7H11ClN2O. The van der Waals surface area contributed by atoms with E-state index in [1.165, 1.54) is 0 Å². The Morgan fingerprint density at radius 1 is 1.55 bits per heavy atom. The summed E-state index contributed by atoms with van der Waals surface area (Å²) in [5, 5.41) is 9.03. The number of nitrogens with zero attached hydrogens (tertiary/aromatic N) is 1. The lowest BCUT2D eigenvalue weighted by atomic mass is 10.2. The third-order valence-corrected chi connectivity index (χ3v) is 1.22. The number of pyridine rings is 1. The van der Waals surface area contributed by atoms with Crippen LogP contribution in [0.3, 0.4) is 0 Å². The van der Waals surface area contributed by atoms with E-state index in [0.717, 1.165) is 0 Å². The van der Waals surface area contributed by atoms with Gasteiger partial charge in [0.25, 0.3) is 0 Å². The molecule has 1 rings (SSSR count). The minimum absolute atomic E-state index is 0. The topological polar surface area (TPSA) is 59.1 Å². The van der Waals surface area contributed by atoms with Crippen molar-refractivity contribution in [1.29, 1.82) is 0 Å². The Balaban J connectivity index is 0.000001000. The second-order valence-electron chi connectivity index (χ2n) is 2.16. The van der Waals surface area contributed by atoms with E-state index in [1.807, 2.05) is 0 Å². The highest BCUT2D eigenvalue weighted by Gasteiger charge is 2.00. The van der Waals surface area contributed by atoms with E-state index < -0.39 is 6.10 Å². The zero-order chi connectivity index (χ0) is 7.56. The van der Waals surface area contributed by atoms with Crippen LogP contribution in [0.4, 0.5) is 5.82 Å². The Morgan fingerprint density at radius 3 is 2.55 bits per heavy atom. The van der Waals surface area contributed by atoms with Gasteiger partial charge in [-0.05, 0) is 19.1 Å². The Morgan fingerprint density at radius 2 is 2.18 bits per heavy atom. The van der Waals surface area contributed by atoms with Crippen molar-refractivity contribution in [3.63, 3.8) is 0 Å². The molecule has 0 fully saturated rings. The Labute approximate surface area is 71.7 Å². The van der Waals surface area contributed by atoms with Gasteiger partial charge in [0.2, 0.25) is 0 Å². The number of nitrogens with two attached hydrogens (primary N) is 1. The molecular weight excluding hydrogens is 164 g/mol. The maximum absolute atomic E-state index is 9.03. The predicted octanol–water partition coefficient (Wildman–Crippen LogP) is 1.14. The summed E-state index contributed by atoms with van der Waals surface area (Å²) in [5.41, 5.74) is 5.99. The van der Waals surface area contributed by atoms with Crippen LogP contribution in [0.2, 0.25) is 0 Å². The fraction of sp³-hybridized carbons (Fsp3) is 0.286. The van der Waals surface area contributed by atoms with E-state index in [9.17, 15) is 0 Å². The second-order valence-corrected chi connectivity index (χ2v) is 2.16. The van der Waals surface area contributed by atoms with Crippen LogP contribution in [0.15, 0.2) is 18.2 Å². The minimum atomic E-state index is -0.538. The Hall–Kier alpha value is -0.800. The lowest BCUT2D eigenvalue weighted by molar-refractivity contribution is 0.194. The molecule has 0 radical (unpaired) electrons. The van der Waals surface area contributed by atoms with Gasteiger partial charge in [-0.2, -0.15) is 0 Å². The molecule has 0 bridgehead atoms. The summed E-state index contributed by atoms with van der Waals surface area (Å²) in [5.74, 6) is 0.443. The van der Waals surface area contributed by atoms with Crippen LogP contribution in [0.1, 0.15) is 18.7 Å². The van der Waals surface area contributed by atoms with E-state index in [-0.39, 0.29) is 12.4 Å². The van der Waals surface area contributed by atoms with Gasteiger partial charge in [0.15, 0.2) is 0 Å². The van der Waals surface area contributed by atoms with Crippen molar-refractivity contribution in [2.24, 2.45) is 0 Å². The first-order valence-electron chi connectivity index (χ1n) is 3.10.